The van der Waals surface area contributed by atoms with Crippen LogP contribution in [-0.4, -0.2) is 131 Å². The van der Waals surface area contributed by atoms with E-state index in [1.54, 1.807) is 39.8 Å². The monoisotopic (exact) mass is 1010 g/mol. The van der Waals surface area contributed by atoms with Crippen molar-refractivity contribution in [3.05, 3.63) is 99.3 Å². The number of fused-ring (bicyclic) bond motifs is 1. The van der Waals surface area contributed by atoms with Gasteiger partial charge in [0.15, 0.2) is 17.2 Å². The number of carbonyl (C=O) groups excluding carboxylic acids is 3. The summed E-state index contributed by atoms with van der Waals surface area (Å²) in [5.41, 5.74) is 4.42. The van der Waals surface area contributed by atoms with Crippen LogP contribution >= 0.6 is 22.9 Å². The van der Waals surface area contributed by atoms with E-state index in [4.69, 9.17) is 26.4 Å². The van der Waals surface area contributed by atoms with Gasteiger partial charge in [0, 0.05) is 78.5 Å². The third-order valence-electron chi connectivity index (χ3n) is 13.8. The van der Waals surface area contributed by atoms with Crippen LogP contribution in [0.1, 0.15) is 83.9 Å². The summed E-state index contributed by atoms with van der Waals surface area (Å²) in [5.74, 6) is -3.79. The predicted octanol–water partition coefficient (Wildman–Crippen LogP) is 6.49. The molecular formula is C49H49ClN8O10S2. The van der Waals surface area contributed by atoms with Crippen LogP contribution in [-0.2, 0) is 24.4 Å². The lowest BCUT2D eigenvalue weighted by Gasteiger charge is -2.45. The van der Waals surface area contributed by atoms with Gasteiger partial charge in [-0.3, -0.25) is 24.6 Å². The summed E-state index contributed by atoms with van der Waals surface area (Å²) in [4.78, 5) is 76.7. The molecule has 18 nitrogen and oxygen atoms in total. The molecule has 0 spiro atoms. The van der Waals surface area contributed by atoms with E-state index < -0.39 is 52.3 Å². The topological polar surface area (TPSA) is 231 Å². The maximum Gasteiger partial charge on any atom is 0.349 e. The summed E-state index contributed by atoms with van der Waals surface area (Å²) >= 11 is 7.43. The van der Waals surface area contributed by atoms with Gasteiger partial charge in [0.05, 0.1) is 28.2 Å². The molecule has 21 heteroatoms. The Labute approximate surface area is 412 Å². The van der Waals surface area contributed by atoms with Crippen molar-refractivity contribution >= 4 is 97.2 Å². The standard InChI is InChI=1S/C49H49ClN8O10S2/c1-49(2)20-31(53-30-6-3-5-29(19-30)43-41(50)42(68-25-39(60)61)44(69-43)47(64)65)15-18-57(49)70(66,67)26-27-21-51-48-52-22-32(24-56(48)23-27)55-16-13-28(14-17-55)33-9-10-36-40-34(33)7-4-8-35(40)46(63)58(36)37-11-12-38(59)54-45(37)62/h3-10,19,21-24,28,31,37,48,53H,11-18,20,25-26H2,1-2H3,(H,60,61)(H,64,65)(H,54,59,62). The van der Waals surface area contributed by atoms with Crippen molar-refractivity contribution < 1.29 is 47.3 Å². The Balaban J connectivity index is 0.771. The highest BCUT2D eigenvalue weighted by Crippen LogP contribution is 2.47. The average Bonchev–Trinajstić information content (AvgIpc) is 3.81. The quantitative estimate of drug-likeness (QED) is 0.105. The number of hydrogen-bond donors (Lipinski definition) is 4. The Morgan fingerprint density at radius 2 is 1.74 bits per heavy atom. The van der Waals surface area contributed by atoms with E-state index in [1.165, 1.54) is 0 Å². The third-order valence-corrected chi connectivity index (χ3v) is 17.5. The maximum atomic E-state index is 14.2. The van der Waals surface area contributed by atoms with Crippen LogP contribution in [0.5, 0.6) is 5.75 Å². The van der Waals surface area contributed by atoms with Crippen LogP contribution in [0.15, 0.2) is 88.3 Å². The molecule has 0 saturated carbocycles. The molecule has 4 aromatic rings. The van der Waals surface area contributed by atoms with Gasteiger partial charge in [-0.1, -0.05) is 41.9 Å². The first-order chi connectivity index (χ1) is 33.5. The minimum absolute atomic E-state index is 0.00605. The maximum absolute atomic E-state index is 14.2. The lowest BCUT2D eigenvalue weighted by molar-refractivity contribution is -0.139. The van der Waals surface area contributed by atoms with Crippen molar-refractivity contribution in [3.8, 4) is 16.2 Å². The minimum atomic E-state index is -3.80. The molecule has 0 bridgehead atoms. The van der Waals surface area contributed by atoms with Crippen LogP contribution in [0.25, 0.3) is 21.2 Å². The van der Waals surface area contributed by atoms with E-state index in [1.807, 2.05) is 61.5 Å². The number of imide groups is 1. The number of aliphatic imine (C=N–C) groups is 2. The second kappa shape index (κ2) is 18.3. The molecule has 3 amide bonds. The van der Waals surface area contributed by atoms with E-state index >= 15 is 0 Å². The van der Waals surface area contributed by atoms with Gasteiger partial charge in [-0.2, -0.15) is 4.31 Å². The van der Waals surface area contributed by atoms with Gasteiger partial charge in [-0.05, 0) is 92.6 Å². The molecule has 10 rings (SSSR count). The van der Waals surface area contributed by atoms with Crippen molar-refractivity contribution in [3.63, 3.8) is 0 Å². The number of benzene rings is 3. The van der Waals surface area contributed by atoms with Crippen molar-refractivity contribution in [2.45, 2.75) is 82.2 Å². The number of likely N-dealkylation sites (tertiary alicyclic amines) is 1. The van der Waals surface area contributed by atoms with Gasteiger partial charge < -0.3 is 30.1 Å². The van der Waals surface area contributed by atoms with Crippen LogP contribution in [0.4, 0.5) is 11.4 Å². The molecule has 3 fully saturated rings. The van der Waals surface area contributed by atoms with Crippen molar-refractivity contribution in [2.24, 2.45) is 9.98 Å². The zero-order valence-electron chi connectivity index (χ0n) is 38.1. The lowest BCUT2D eigenvalue weighted by atomic mass is 9.85. The van der Waals surface area contributed by atoms with Crippen LogP contribution in [0, 0.1) is 0 Å². The zero-order valence-corrected chi connectivity index (χ0v) is 40.5. The highest BCUT2D eigenvalue weighted by atomic mass is 35.5. The molecule has 70 heavy (non-hydrogen) atoms. The fraction of sp³-hybridized carbons (Fsp3) is 0.367. The summed E-state index contributed by atoms with van der Waals surface area (Å²) in [7, 11) is -3.80. The van der Waals surface area contributed by atoms with Gasteiger partial charge in [-0.15, -0.1) is 11.3 Å². The number of hydrogen-bond acceptors (Lipinski definition) is 14. The summed E-state index contributed by atoms with van der Waals surface area (Å²) < 4.78 is 35.2. The van der Waals surface area contributed by atoms with Gasteiger partial charge in [0.25, 0.3) is 5.91 Å². The van der Waals surface area contributed by atoms with E-state index in [-0.39, 0.29) is 64.6 Å². The SMILES string of the molecule is CC1(C)CC(Nc2cccc(-c3sc(C(=O)O)c(OCC(=O)O)c3Cl)c2)CCN1S(=O)(=O)CC1=CN2C=C(N3CCC(c4ccc5c6c(cccc46)C(=O)N5C4CCC(=O)NC4=O)CC3)C=NC2N=C1. The van der Waals surface area contributed by atoms with Gasteiger partial charge in [-0.25, -0.2) is 28.0 Å². The first kappa shape index (κ1) is 47.1. The first-order valence-corrected chi connectivity index (χ1v) is 25.8. The number of aromatic carboxylic acids is 1. The molecule has 3 atom stereocenters. The number of carboxylic acid groups (broad SMARTS) is 2. The predicted molar refractivity (Wildman–Crippen MR) is 265 cm³/mol. The molecular weight excluding hydrogens is 960 g/mol. The summed E-state index contributed by atoms with van der Waals surface area (Å²) in [6.45, 7) is 4.84. The van der Waals surface area contributed by atoms with Crippen LogP contribution in [0.3, 0.4) is 0 Å². The number of sulfonamides is 1. The number of halogens is 1. The highest BCUT2D eigenvalue weighted by molar-refractivity contribution is 7.89. The number of anilines is 2. The molecule has 0 aliphatic carbocycles. The normalized spacial score (nSPS) is 22.5. The van der Waals surface area contributed by atoms with Crippen molar-refractivity contribution in [1.82, 2.24) is 19.4 Å². The van der Waals surface area contributed by atoms with E-state index in [0.29, 0.717) is 40.1 Å². The summed E-state index contributed by atoms with van der Waals surface area (Å²) in [5, 5.41) is 26.6. The minimum Gasteiger partial charge on any atom is -0.479 e. The molecule has 1 aromatic heterocycles. The second-order valence-corrected chi connectivity index (χ2v) is 22.2. The second-order valence-electron chi connectivity index (χ2n) is 18.9. The van der Waals surface area contributed by atoms with Crippen LogP contribution in [0.2, 0.25) is 5.02 Å². The molecule has 3 saturated heterocycles. The Bertz CT molecular complexity index is 3120. The number of nitrogens with zero attached hydrogens (tertiary/aromatic N) is 6. The van der Waals surface area contributed by atoms with E-state index in [0.717, 1.165) is 65.0 Å². The number of thiophene rings is 1. The molecule has 3 unspecified atom stereocenters. The van der Waals surface area contributed by atoms with Gasteiger partial charge >= 0.3 is 11.9 Å². The third kappa shape index (κ3) is 8.81. The fourth-order valence-electron chi connectivity index (χ4n) is 10.7. The summed E-state index contributed by atoms with van der Waals surface area (Å²) in [6, 6.07) is 16.1. The number of rotatable bonds is 13. The van der Waals surface area contributed by atoms with Crippen LogP contribution < -0.4 is 20.3 Å². The van der Waals surface area contributed by atoms with Crippen molar-refractivity contribution in [1.29, 1.82) is 0 Å². The molecule has 6 aliphatic rings. The number of carbonyl (C=O) groups is 5. The number of piperidine rings is 3. The Morgan fingerprint density at radius 3 is 2.49 bits per heavy atom. The average molecular weight is 1010 g/mol. The Kier molecular flexibility index (Phi) is 12.3. The van der Waals surface area contributed by atoms with Gasteiger partial charge in [0.2, 0.25) is 28.1 Å². The molecule has 7 heterocycles. The Morgan fingerprint density at radius 1 is 0.971 bits per heavy atom. The molecule has 364 valence electrons. The number of amides is 3. The number of nitrogens with one attached hydrogen (secondary N) is 2. The summed E-state index contributed by atoms with van der Waals surface area (Å²) in [6.07, 6.45) is 9.81. The number of allylic oxidation sites excluding steroid dienone is 1. The highest BCUT2D eigenvalue weighted by Gasteiger charge is 2.43. The number of aliphatic carboxylic acids is 1. The largest absolute Gasteiger partial charge is 0.479 e. The molecule has 3 aromatic carbocycles. The van der Waals surface area contributed by atoms with Gasteiger partial charge in [0.1, 0.15) is 11.1 Å². The smallest absolute Gasteiger partial charge is 0.349 e. The van der Waals surface area contributed by atoms with E-state index in [2.05, 4.69) is 26.6 Å². The van der Waals surface area contributed by atoms with E-state index in [9.17, 15) is 37.5 Å². The first-order valence-electron chi connectivity index (χ1n) is 23.0. The molecule has 4 N–H and O–H groups in total. The molecule has 0 radical (unpaired) electrons. The fourth-order valence-corrected chi connectivity index (χ4v) is 14.0. The number of ether oxygens (including phenoxy) is 1. The Hall–Kier alpha value is -6.61. The molecule has 6 aliphatic heterocycles. The van der Waals surface area contributed by atoms with Crippen molar-refractivity contribution in [2.75, 3.05) is 42.2 Å². The zero-order chi connectivity index (χ0) is 49.2. The number of carboxylic acids is 2. The lowest BCUT2D eigenvalue weighted by Crippen LogP contribution is -2.56.